The molecule has 3 nitrogen and oxygen atoms in total. The van der Waals surface area contributed by atoms with E-state index in [9.17, 15) is 0 Å². The van der Waals surface area contributed by atoms with E-state index in [1.165, 1.54) is 23.6 Å². The van der Waals surface area contributed by atoms with E-state index in [1.807, 2.05) is 0 Å². The molecule has 1 saturated heterocycles. The van der Waals surface area contributed by atoms with Crippen molar-refractivity contribution in [1.82, 2.24) is 15.3 Å². The van der Waals surface area contributed by atoms with Crippen molar-refractivity contribution in [1.29, 1.82) is 0 Å². The van der Waals surface area contributed by atoms with Gasteiger partial charge in [0, 0.05) is 9.86 Å². The van der Waals surface area contributed by atoms with Crippen LogP contribution in [0.4, 0.5) is 0 Å². The number of aromatic nitrogens is 2. The summed E-state index contributed by atoms with van der Waals surface area (Å²) < 4.78 is 1.11. The first-order valence-electron chi connectivity index (χ1n) is 6.62. The van der Waals surface area contributed by atoms with Gasteiger partial charge in [-0.1, -0.05) is 28.1 Å². The van der Waals surface area contributed by atoms with Crippen molar-refractivity contribution in [3.8, 4) is 0 Å². The minimum absolute atomic E-state index is 0.387. The van der Waals surface area contributed by atoms with Crippen molar-refractivity contribution in [3.63, 3.8) is 0 Å². The molecule has 1 aliphatic heterocycles. The molecule has 1 aliphatic rings. The summed E-state index contributed by atoms with van der Waals surface area (Å²) in [6.45, 7) is 1.09. The van der Waals surface area contributed by atoms with E-state index in [0.29, 0.717) is 6.04 Å². The molecule has 2 aromatic carbocycles. The van der Waals surface area contributed by atoms with E-state index in [2.05, 4.69) is 56.6 Å². The van der Waals surface area contributed by atoms with Crippen LogP contribution in [0.2, 0.25) is 0 Å². The SMILES string of the molecule is Brc1ccc2c(ccc3nc([C@@H]4CCCN4)[nH]c32)c1. The number of imidazole rings is 1. The molecule has 1 aromatic heterocycles. The molecule has 1 atom stereocenters. The van der Waals surface area contributed by atoms with Gasteiger partial charge in [0.25, 0.3) is 0 Å². The third-order valence-electron chi connectivity index (χ3n) is 3.84. The molecule has 0 spiro atoms. The Bertz CT molecular complexity index is 757. The van der Waals surface area contributed by atoms with Crippen molar-refractivity contribution in [2.75, 3.05) is 6.54 Å². The highest BCUT2D eigenvalue weighted by molar-refractivity contribution is 9.10. The van der Waals surface area contributed by atoms with Crippen molar-refractivity contribution in [2.24, 2.45) is 0 Å². The van der Waals surface area contributed by atoms with Gasteiger partial charge < -0.3 is 10.3 Å². The average molecular weight is 316 g/mol. The van der Waals surface area contributed by atoms with Crippen LogP contribution in [0.1, 0.15) is 24.7 Å². The minimum atomic E-state index is 0.387. The fourth-order valence-corrected chi connectivity index (χ4v) is 3.26. The number of aromatic amines is 1. The molecule has 1 fully saturated rings. The first-order valence-corrected chi connectivity index (χ1v) is 7.42. The summed E-state index contributed by atoms with van der Waals surface area (Å²) in [5, 5.41) is 5.96. The number of rotatable bonds is 1. The number of hydrogen-bond donors (Lipinski definition) is 2. The zero-order valence-corrected chi connectivity index (χ0v) is 12.0. The van der Waals surface area contributed by atoms with Gasteiger partial charge in [-0.2, -0.15) is 0 Å². The smallest absolute Gasteiger partial charge is 0.124 e. The lowest BCUT2D eigenvalue weighted by molar-refractivity contribution is 0.614. The molecule has 0 bridgehead atoms. The van der Waals surface area contributed by atoms with Crippen LogP contribution in [0.5, 0.6) is 0 Å². The predicted octanol–water partition coefficient (Wildman–Crippen LogP) is 3.90. The van der Waals surface area contributed by atoms with Crippen LogP contribution < -0.4 is 5.32 Å². The van der Waals surface area contributed by atoms with E-state index >= 15 is 0 Å². The molecule has 0 aliphatic carbocycles. The Morgan fingerprint density at radius 3 is 3.00 bits per heavy atom. The molecule has 4 rings (SSSR count). The molecule has 0 saturated carbocycles. The zero-order valence-electron chi connectivity index (χ0n) is 10.4. The van der Waals surface area contributed by atoms with Gasteiger partial charge in [-0.05, 0) is 43.0 Å². The summed E-state index contributed by atoms with van der Waals surface area (Å²) in [5.41, 5.74) is 2.20. The third-order valence-corrected chi connectivity index (χ3v) is 4.34. The number of benzene rings is 2. The van der Waals surface area contributed by atoms with Crippen molar-refractivity contribution in [3.05, 3.63) is 40.6 Å². The van der Waals surface area contributed by atoms with Crippen molar-refractivity contribution >= 4 is 37.7 Å². The van der Waals surface area contributed by atoms with Gasteiger partial charge in [0.2, 0.25) is 0 Å². The van der Waals surface area contributed by atoms with Crippen LogP contribution in [0.15, 0.2) is 34.8 Å². The molecule has 2 N–H and O–H groups in total. The highest BCUT2D eigenvalue weighted by atomic mass is 79.9. The van der Waals surface area contributed by atoms with Gasteiger partial charge in [-0.15, -0.1) is 0 Å². The lowest BCUT2D eigenvalue weighted by atomic mass is 10.1. The van der Waals surface area contributed by atoms with Gasteiger partial charge in [0.1, 0.15) is 5.82 Å². The highest BCUT2D eigenvalue weighted by Crippen LogP contribution is 2.29. The molecule has 0 radical (unpaired) electrons. The van der Waals surface area contributed by atoms with Gasteiger partial charge in [0.15, 0.2) is 0 Å². The standard InChI is InChI=1S/C15H14BrN3/c16-10-4-5-11-9(8-10)3-6-12-14(11)19-15(18-12)13-2-1-7-17-13/h3-6,8,13,17H,1-2,7H2,(H,18,19)/t13-/m0/s1. The monoisotopic (exact) mass is 315 g/mol. The Labute approximate surface area is 119 Å². The summed E-state index contributed by atoms with van der Waals surface area (Å²) in [4.78, 5) is 8.25. The minimum Gasteiger partial charge on any atom is -0.340 e. The zero-order chi connectivity index (χ0) is 12.8. The van der Waals surface area contributed by atoms with E-state index in [-0.39, 0.29) is 0 Å². The normalized spacial score (nSPS) is 19.5. The van der Waals surface area contributed by atoms with Crippen LogP contribution in [-0.4, -0.2) is 16.5 Å². The fourth-order valence-electron chi connectivity index (χ4n) is 2.88. The Morgan fingerprint density at radius 2 is 2.16 bits per heavy atom. The van der Waals surface area contributed by atoms with E-state index in [0.717, 1.165) is 27.9 Å². The summed E-state index contributed by atoms with van der Waals surface area (Å²) in [6, 6.07) is 11.0. The molecule has 0 unspecified atom stereocenters. The van der Waals surface area contributed by atoms with Gasteiger partial charge in [-0.3, -0.25) is 0 Å². The average Bonchev–Trinajstić information content (AvgIpc) is 3.06. The first kappa shape index (κ1) is 11.4. The Balaban J connectivity index is 1.94. The molecule has 0 amide bonds. The number of nitrogens with one attached hydrogen (secondary N) is 2. The van der Waals surface area contributed by atoms with Crippen LogP contribution in [-0.2, 0) is 0 Å². The van der Waals surface area contributed by atoms with Crippen molar-refractivity contribution in [2.45, 2.75) is 18.9 Å². The maximum absolute atomic E-state index is 4.74. The van der Waals surface area contributed by atoms with E-state index in [1.54, 1.807) is 0 Å². The summed E-state index contributed by atoms with van der Waals surface area (Å²) >= 11 is 3.52. The second-order valence-corrected chi connectivity index (χ2v) is 6.01. The molecule has 19 heavy (non-hydrogen) atoms. The van der Waals surface area contributed by atoms with Gasteiger partial charge in [0.05, 0.1) is 17.1 Å². The molecular formula is C15H14BrN3. The van der Waals surface area contributed by atoms with E-state index in [4.69, 9.17) is 4.98 Å². The molecular weight excluding hydrogens is 302 g/mol. The van der Waals surface area contributed by atoms with Crippen molar-refractivity contribution < 1.29 is 0 Å². The molecule has 2 heterocycles. The van der Waals surface area contributed by atoms with Crippen LogP contribution in [0.25, 0.3) is 21.8 Å². The Morgan fingerprint density at radius 1 is 1.21 bits per heavy atom. The lowest BCUT2D eigenvalue weighted by Gasteiger charge is -2.04. The second-order valence-electron chi connectivity index (χ2n) is 5.10. The van der Waals surface area contributed by atoms with Crippen LogP contribution in [0.3, 0.4) is 0 Å². The number of hydrogen-bond acceptors (Lipinski definition) is 2. The molecule has 4 heteroatoms. The second kappa shape index (κ2) is 4.32. The van der Waals surface area contributed by atoms with Gasteiger partial charge >= 0.3 is 0 Å². The van der Waals surface area contributed by atoms with E-state index < -0.39 is 0 Å². The summed E-state index contributed by atoms with van der Waals surface area (Å²) in [6.07, 6.45) is 2.40. The summed E-state index contributed by atoms with van der Waals surface area (Å²) in [5.74, 6) is 1.07. The van der Waals surface area contributed by atoms with Gasteiger partial charge in [-0.25, -0.2) is 4.98 Å². The maximum Gasteiger partial charge on any atom is 0.124 e. The summed E-state index contributed by atoms with van der Waals surface area (Å²) in [7, 11) is 0. The number of fused-ring (bicyclic) bond motifs is 3. The van der Waals surface area contributed by atoms with Crippen LogP contribution >= 0.6 is 15.9 Å². The number of H-pyrrole nitrogens is 1. The highest BCUT2D eigenvalue weighted by Gasteiger charge is 2.19. The quantitative estimate of drug-likeness (QED) is 0.715. The Hall–Kier alpha value is -1.39. The first-order chi connectivity index (χ1) is 9.31. The number of halogens is 1. The lowest BCUT2D eigenvalue weighted by Crippen LogP contribution is -2.13. The molecule has 96 valence electrons. The fraction of sp³-hybridized carbons (Fsp3) is 0.267. The molecule has 3 aromatic rings. The third kappa shape index (κ3) is 1.86. The maximum atomic E-state index is 4.74. The Kier molecular flexibility index (Phi) is 2.60. The number of nitrogens with zero attached hydrogens (tertiary/aromatic N) is 1. The largest absolute Gasteiger partial charge is 0.340 e. The topological polar surface area (TPSA) is 40.7 Å². The van der Waals surface area contributed by atoms with Crippen LogP contribution in [0, 0.1) is 0 Å². The predicted molar refractivity (Wildman–Crippen MR) is 81.3 cm³/mol.